The van der Waals surface area contributed by atoms with E-state index in [1.807, 2.05) is 32.9 Å². The molecule has 138 valence electrons. The van der Waals surface area contributed by atoms with Crippen LogP contribution in [0.4, 0.5) is 5.69 Å². The monoisotopic (exact) mass is 372 g/mol. The number of aryl methyl sites for hydroxylation is 2. The molecule has 1 amide bonds. The highest BCUT2D eigenvalue weighted by atomic mass is 32.2. The van der Waals surface area contributed by atoms with E-state index < -0.39 is 10.0 Å². The zero-order valence-corrected chi connectivity index (χ0v) is 16.1. The molecule has 5 nitrogen and oxygen atoms in total. The Bertz CT molecular complexity index is 914. The fourth-order valence-corrected chi connectivity index (χ4v) is 4.34. The molecule has 1 aliphatic carbocycles. The maximum atomic E-state index is 13.0. The largest absolute Gasteiger partial charge is 0.309 e. The first-order chi connectivity index (χ1) is 12.3. The van der Waals surface area contributed by atoms with E-state index in [4.69, 9.17) is 0 Å². The summed E-state index contributed by atoms with van der Waals surface area (Å²) in [6.07, 6.45) is 1.74. The number of carbonyl (C=O) groups is 1. The van der Waals surface area contributed by atoms with Crippen LogP contribution < -0.4 is 9.62 Å². The number of nitrogens with zero attached hydrogens (tertiary/aromatic N) is 1. The molecule has 0 atom stereocenters. The molecular weight excluding hydrogens is 348 g/mol. The van der Waals surface area contributed by atoms with Gasteiger partial charge in [0.15, 0.2) is 0 Å². The normalized spacial score (nSPS) is 14.3. The third kappa shape index (κ3) is 4.14. The van der Waals surface area contributed by atoms with Crippen LogP contribution in [0.1, 0.15) is 41.3 Å². The molecule has 0 bridgehead atoms. The summed E-state index contributed by atoms with van der Waals surface area (Å²) in [5.74, 6) is -0.207. The molecule has 0 heterocycles. The van der Waals surface area contributed by atoms with Crippen LogP contribution in [0.2, 0.25) is 0 Å². The van der Waals surface area contributed by atoms with Crippen LogP contribution in [0.5, 0.6) is 0 Å². The molecule has 1 N–H and O–H groups in total. The fraction of sp³-hybridized carbons (Fsp3) is 0.350. The summed E-state index contributed by atoms with van der Waals surface area (Å²) in [6.45, 7) is 6.39. The third-order valence-electron chi connectivity index (χ3n) is 4.37. The maximum absolute atomic E-state index is 13.0. The van der Waals surface area contributed by atoms with Gasteiger partial charge in [-0.15, -0.1) is 0 Å². The number of hydrogen-bond acceptors (Lipinski definition) is 3. The molecule has 0 unspecified atom stereocenters. The molecule has 0 radical (unpaired) electrons. The predicted octanol–water partition coefficient (Wildman–Crippen LogP) is 3.41. The van der Waals surface area contributed by atoms with Gasteiger partial charge in [0.1, 0.15) is 0 Å². The van der Waals surface area contributed by atoms with Gasteiger partial charge in [-0.25, -0.2) is 13.1 Å². The highest BCUT2D eigenvalue weighted by Gasteiger charge is 2.28. The Morgan fingerprint density at radius 3 is 2.35 bits per heavy atom. The molecule has 6 heteroatoms. The summed E-state index contributed by atoms with van der Waals surface area (Å²) in [4.78, 5) is 14.8. The minimum absolute atomic E-state index is 0.0294. The predicted molar refractivity (Wildman–Crippen MR) is 103 cm³/mol. The van der Waals surface area contributed by atoms with Crippen LogP contribution in [0.15, 0.2) is 47.4 Å². The Labute approximate surface area is 155 Å². The van der Waals surface area contributed by atoms with E-state index >= 15 is 0 Å². The van der Waals surface area contributed by atoms with Gasteiger partial charge < -0.3 is 4.90 Å². The first-order valence-electron chi connectivity index (χ1n) is 8.82. The molecule has 1 aliphatic rings. The topological polar surface area (TPSA) is 66.5 Å². The van der Waals surface area contributed by atoms with Gasteiger partial charge in [0.25, 0.3) is 5.91 Å². The molecule has 0 aliphatic heterocycles. The Hall–Kier alpha value is -2.18. The lowest BCUT2D eigenvalue weighted by atomic mass is 10.1. The number of benzene rings is 2. The lowest BCUT2D eigenvalue weighted by Gasteiger charge is -2.22. The van der Waals surface area contributed by atoms with Gasteiger partial charge in [-0.3, -0.25) is 4.79 Å². The van der Waals surface area contributed by atoms with Crippen LogP contribution in [0.25, 0.3) is 0 Å². The van der Waals surface area contributed by atoms with Crippen molar-refractivity contribution >= 4 is 21.6 Å². The van der Waals surface area contributed by atoms with E-state index in [2.05, 4.69) is 10.8 Å². The Morgan fingerprint density at radius 1 is 1.12 bits per heavy atom. The standard InChI is InChI=1S/C20H24N2O3S/c1-4-22(18-11-14(2)10-15(3)12-18)20(23)16-6-5-7-19(13-16)26(24,25)21-17-8-9-17/h5-7,10-13,17,21H,4,8-9H2,1-3H3. The number of rotatable bonds is 6. The van der Waals surface area contributed by atoms with Gasteiger partial charge in [-0.2, -0.15) is 0 Å². The van der Waals surface area contributed by atoms with Crippen molar-refractivity contribution in [3.63, 3.8) is 0 Å². The summed E-state index contributed by atoms with van der Waals surface area (Å²) in [7, 11) is -3.58. The quantitative estimate of drug-likeness (QED) is 0.845. The second-order valence-electron chi connectivity index (χ2n) is 6.82. The highest BCUT2D eigenvalue weighted by Crippen LogP contribution is 2.24. The van der Waals surface area contributed by atoms with Gasteiger partial charge in [0.05, 0.1) is 4.90 Å². The van der Waals surface area contributed by atoms with E-state index in [0.29, 0.717) is 12.1 Å². The number of nitrogens with one attached hydrogen (secondary N) is 1. The Kier molecular flexibility index (Phi) is 5.16. The number of hydrogen-bond donors (Lipinski definition) is 1. The zero-order chi connectivity index (χ0) is 18.9. The fourth-order valence-electron chi connectivity index (χ4n) is 2.99. The van der Waals surface area contributed by atoms with Crippen molar-refractivity contribution in [1.29, 1.82) is 0 Å². The van der Waals surface area contributed by atoms with Crippen molar-refractivity contribution in [2.75, 3.05) is 11.4 Å². The summed E-state index contributed by atoms with van der Waals surface area (Å²) < 4.78 is 27.5. The molecule has 26 heavy (non-hydrogen) atoms. The molecule has 0 spiro atoms. The van der Waals surface area contributed by atoms with Gasteiger partial charge >= 0.3 is 0 Å². The Balaban J connectivity index is 1.91. The molecular formula is C20H24N2O3S. The molecule has 2 aromatic rings. The molecule has 3 rings (SSSR count). The number of carbonyl (C=O) groups excluding carboxylic acids is 1. The summed E-state index contributed by atoms with van der Waals surface area (Å²) >= 11 is 0. The molecule has 1 saturated carbocycles. The van der Waals surface area contributed by atoms with E-state index in [-0.39, 0.29) is 16.8 Å². The van der Waals surface area contributed by atoms with Gasteiger partial charge in [-0.1, -0.05) is 12.1 Å². The van der Waals surface area contributed by atoms with Crippen LogP contribution in [0.3, 0.4) is 0 Å². The molecule has 0 aromatic heterocycles. The Morgan fingerprint density at radius 2 is 1.77 bits per heavy atom. The third-order valence-corrected chi connectivity index (χ3v) is 5.89. The highest BCUT2D eigenvalue weighted by molar-refractivity contribution is 7.89. The van der Waals surface area contributed by atoms with Crippen molar-refractivity contribution in [1.82, 2.24) is 4.72 Å². The summed E-state index contributed by atoms with van der Waals surface area (Å²) in [5, 5.41) is 0. The van der Waals surface area contributed by atoms with E-state index in [0.717, 1.165) is 29.7 Å². The van der Waals surface area contributed by atoms with E-state index in [1.165, 1.54) is 12.1 Å². The van der Waals surface area contributed by atoms with Gasteiger partial charge in [0, 0.05) is 23.8 Å². The zero-order valence-electron chi connectivity index (χ0n) is 15.3. The second kappa shape index (κ2) is 7.21. The average Bonchev–Trinajstić information content (AvgIpc) is 3.38. The van der Waals surface area contributed by atoms with Crippen LogP contribution >= 0.6 is 0 Å². The SMILES string of the molecule is CCN(C(=O)c1cccc(S(=O)(=O)NC2CC2)c1)c1cc(C)cc(C)c1. The second-order valence-corrected chi connectivity index (χ2v) is 8.53. The van der Waals surface area contributed by atoms with Crippen LogP contribution in [-0.2, 0) is 10.0 Å². The first kappa shape index (κ1) is 18.6. The molecule has 2 aromatic carbocycles. The number of sulfonamides is 1. The smallest absolute Gasteiger partial charge is 0.258 e. The van der Waals surface area contributed by atoms with Crippen molar-refractivity contribution in [2.24, 2.45) is 0 Å². The average molecular weight is 372 g/mol. The van der Waals surface area contributed by atoms with Crippen molar-refractivity contribution < 1.29 is 13.2 Å². The van der Waals surface area contributed by atoms with Gasteiger partial charge in [0.2, 0.25) is 10.0 Å². The minimum Gasteiger partial charge on any atom is -0.309 e. The minimum atomic E-state index is -3.58. The number of anilines is 1. The van der Waals surface area contributed by atoms with E-state index in [1.54, 1.807) is 17.0 Å². The summed E-state index contributed by atoms with van der Waals surface area (Å²) in [5.41, 5.74) is 3.34. The lowest BCUT2D eigenvalue weighted by Crippen LogP contribution is -2.31. The van der Waals surface area contributed by atoms with Crippen molar-refractivity contribution in [3.05, 3.63) is 59.2 Å². The van der Waals surface area contributed by atoms with Crippen molar-refractivity contribution in [3.8, 4) is 0 Å². The number of amides is 1. The van der Waals surface area contributed by atoms with Crippen LogP contribution in [0, 0.1) is 13.8 Å². The van der Waals surface area contributed by atoms with Gasteiger partial charge in [-0.05, 0) is 75.1 Å². The van der Waals surface area contributed by atoms with E-state index in [9.17, 15) is 13.2 Å². The molecule has 1 fully saturated rings. The maximum Gasteiger partial charge on any atom is 0.258 e. The lowest BCUT2D eigenvalue weighted by molar-refractivity contribution is 0.0988. The van der Waals surface area contributed by atoms with Crippen molar-refractivity contribution in [2.45, 2.75) is 44.6 Å². The van der Waals surface area contributed by atoms with Crippen LogP contribution in [-0.4, -0.2) is 26.9 Å². The summed E-state index contributed by atoms with van der Waals surface area (Å²) in [6, 6.07) is 12.3. The molecule has 0 saturated heterocycles. The first-order valence-corrected chi connectivity index (χ1v) is 10.3.